The number of carbonyl (C=O) groups excluding carboxylic acids is 1. The summed E-state index contributed by atoms with van der Waals surface area (Å²) in [4.78, 5) is 21.9. The molecule has 1 aromatic carbocycles. The van der Waals surface area contributed by atoms with Gasteiger partial charge in [-0.3, -0.25) is 9.59 Å². The number of rotatable bonds is 4. The van der Waals surface area contributed by atoms with E-state index < -0.39 is 11.3 Å². The summed E-state index contributed by atoms with van der Waals surface area (Å²) < 4.78 is 0. The standard InChI is InChI=1S/C12H10ClNO3/c1-7(15)12(13)10-3-2-8(6-14)4-9(10)5-11(16)17/h2-4,12H,5H2,1H3,(H,16,17). The van der Waals surface area contributed by atoms with Gasteiger partial charge in [0.15, 0.2) is 5.78 Å². The van der Waals surface area contributed by atoms with Gasteiger partial charge in [0, 0.05) is 0 Å². The molecule has 0 aromatic heterocycles. The fraction of sp³-hybridized carbons (Fsp3) is 0.250. The van der Waals surface area contributed by atoms with Gasteiger partial charge in [-0.1, -0.05) is 6.07 Å². The molecule has 0 saturated heterocycles. The first-order valence-electron chi connectivity index (χ1n) is 4.85. The van der Waals surface area contributed by atoms with Gasteiger partial charge in [0.25, 0.3) is 0 Å². The minimum atomic E-state index is -1.03. The summed E-state index contributed by atoms with van der Waals surface area (Å²) in [6.07, 6.45) is -0.263. The van der Waals surface area contributed by atoms with E-state index in [2.05, 4.69) is 0 Å². The van der Waals surface area contributed by atoms with E-state index in [0.717, 1.165) is 0 Å². The number of nitrogens with zero attached hydrogens (tertiary/aromatic N) is 1. The maximum Gasteiger partial charge on any atom is 0.307 e. The van der Waals surface area contributed by atoms with Gasteiger partial charge >= 0.3 is 5.97 Å². The molecular weight excluding hydrogens is 242 g/mol. The molecule has 0 heterocycles. The molecule has 0 bridgehead atoms. The lowest BCUT2D eigenvalue weighted by atomic mass is 9.97. The van der Waals surface area contributed by atoms with Crippen LogP contribution in [0.25, 0.3) is 0 Å². The molecule has 0 saturated carbocycles. The lowest BCUT2D eigenvalue weighted by Crippen LogP contribution is -2.09. The van der Waals surface area contributed by atoms with Crippen molar-refractivity contribution in [1.29, 1.82) is 5.26 Å². The van der Waals surface area contributed by atoms with Crippen LogP contribution < -0.4 is 0 Å². The molecule has 0 radical (unpaired) electrons. The third-order valence-corrected chi connectivity index (χ3v) is 2.79. The molecule has 1 rings (SSSR count). The molecule has 0 aliphatic rings. The Morgan fingerprint density at radius 2 is 2.18 bits per heavy atom. The summed E-state index contributed by atoms with van der Waals surface area (Å²) >= 11 is 5.90. The van der Waals surface area contributed by atoms with Crippen molar-refractivity contribution in [3.05, 3.63) is 34.9 Å². The Morgan fingerprint density at radius 1 is 1.53 bits per heavy atom. The van der Waals surface area contributed by atoms with Crippen LogP contribution in [0.5, 0.6) is 0 Å². The Labute approximate surface area is 103 Å². The Hall–Kier alpha value is -1.86. The number of ketones is 1. The smallest absolute Gasteiger partial charge is 0.307 e. The molecule has 0 amide bonds. The third kappa shape index (κ3) is 3.30. The molecule has 0 spiro atoms. The van der Waals surface area contributed by atoms with E-state index in [1.165, 1.54) is 25.1 Å². The van der Waals surface area contributed by atoms with Crippen LogP contribution >= 0.6 is 11.6 Å². The number of nitriles is 1. The normalized spacial score (nSPS) is 11.6. The highest BCUT2D eigenvalue weighted by molar-refractivity contribution is 6.30. The number of carboxylic acids is 1. The zero-order chi connectivity index (χ0) is 13.0. The highest BCUT2D eigenvalue weighted by Crippen LogP contribution is 2.26. The van der Waals surface area contributed by atoms with Crippen molar-refractivity contribution in [3.8, 4) is 6.07 Å². The summed E-state index contributed by atoms with van der Waals surface area (Å²) in [7, 11) is 0. The molecule has 1 aromatic rings. The number of halogens is 1. The van der Waals surface area contributed by atoms with E-state index in [1.54, 1.807) is 0 Å². The van der Waals surface area contributed by atoms with Crippen LogP contribution in [0.2, 0.25) is 0 Å². The second kappa shape index (κ2) is 5.46. The second-order valence-corrected chi connectivity index (χ2v) is 4.01. The van der Waals surface area contributed by atoms with E-state index in [-0.39, 0.29) is 12.2 Å². The van der Waals surface area contributed by atoms with Crippen molar-refractivity contribution in [2.45, 2.75) is 18.7 Å². The summed E-state index contributed by atoms with van der Waals surface area (Å²) in [5.74, 6) is -1.29. The number of hydrogen-bond donors (Lipinski definition) is 1. The molecular formula is C12H10ClNO3. The van der Waals surface area contributed by atoms with Gasteiger partial charge in [-0.05, 0) is 30.2 Å². The van der Waals surface area contributed by atoms with Gasteiger partial charge in [-0.2, -0.15) is 5.26 Å². The average Bonchev–Trinajstić information content (AvgIpc) is 2.27. The number of carbonyl (C=O) groups is 2. The van der Waals surface area contributed by atoms with E-state index in [1.807, 2.05) is 6.07 Å². The van der Waals surface area contributed by atoms with Gasteiger partial charge in [-0.25, -0.2) is 0 Å². The van der Waals surface area contributed by atoms with Crippen molar-refractivity contribution in [2.75, 3.05) is 0 Å². The van der Waals surface area contributed by atoms with E-state index >= 15 is 0 Å². The maximum atomic E-state index is 11.2. The summed E-state index contributed by atoms with van der Waals surface area (Å²) in [5.41, 5.74) is 1.18. The molecule has 0 aliphatic heterocycles. The number of Topliss-reactive ketones (excluding diaryl/α,β-unsaturated/α-hetero) is 1. The SMILES string of the molecule is CC(=O)C(Cl)c1ccc(C#N)cc1CC(=O)O. The maximum absolute atomic E-state index is 11.2. The van der Waals surface area contributed by atoms with Crippen molar-refractivity contribution >= 4 is 23.4 Å². The monoisotopic (exact) mass is 251 g/mol. The van der Waals surface area contributed by atoms with Gasteiger partial charge in [0.1, 0.15) is 5.38 Å². The molecule has 0 fully saturated rings. The Bertz CT molecular complexity index is 505. The van der Waals surface area contributed by atoms with Gasteiger partial charge in [0.05, 0.1) is 18.1 Å². The lowest BCUT2D eigenvalue weighted by Gasteiger charge is -2.11. The number of benzene rings is 1. The summed E-state index contributed by atoms with van der Waals surface area (Å²) in [6.45, 7) is 1.33. The molecule has 5 heteroatoms. The fourth-order valence-electron chi connectivity index (χ4n) is 1.46. The van der Waals surface area contributed by atoms with Crippen molar-refractivity contribution < 1.29 is 14.7 Å². The number of aliphatic carboxylic acids is 1. The van der Waals surface area contributed by atoms with Crippen LogP contribution in [-0.4, -0.2) is 16.9 Å². The van der Waals surface area contributed by atoms with Gasteiger partial charge in [-0.15, -0.1) is 11.6 Å². The van der Waals surface area contributed by atoms with Crippen LogP contribution in [0.4, 0.5) is 0 Å². The quantitative estimate of drug-likeness (QED) is 0.831. The topological polar surface area (TPSA) is 78.2 Å². The average molecular weight is 252 g/mol. The van der Waals surface area contributed by atoms with Crippen LogP contribution in [0, 0.1) is 11.3 Å². The van der Waals surface area contributed by atoms with E-state index in [0.29, 0.717) is 16.7 Å². The largest absolute Gasteiger partial charge is 0.481 e. The zero-order valence-corrected chi connectivity index (χ0v) is 9.86. The predicted molar refractivity (Wildman–Crippen MR) is 61.8 cm³/mol. The van der Waals surface area contributed by atoms with Crippen LogP contribution in [0.3, 0.4) is 0 Å². The Morgan fingerprint density at radius 3 is 2.65 bits per heavy atom. The third-order valence-electron chi connectivity index (χ3n) is 2.24. The number of carboxylic acid groups (broad SMARTS) is 1. The highest BCUT2D eigenvalue weighted by Gasteiger charge is 2.18. The molecule has 0 aliphatic carbocycles. The van der Waals surface area contributed by atoms with Crippen molar-refractivity contribution in [1.82, 2.24) is 0 Å². The van der Waals surface area contributed by atoms with Gasteiger partial charge in [0.2, 0.25) is 0 Å². The molecule has 88 valence electrons. The second-order valence-electron chi connectivity index (χ2n) is 3.57. The Kier molecular flexibility index (Phi) is 4.24. The first kappa shape index (κ1) is 13.2. The number of hydrogen-bond acceptors (Lipinski definition) is 3. The molecule has 4 nitrogen and oxygen atoms in total. The van der Waals surface area contributed by atoms with E-state index in [9.17, 15) is 9.59 Å². The minimum Gasteiger partial charge on any atom is -0.481 e. The summed E-state index contributed by atoms with van der Waals surface area (Å²) in [5, 5.41) is 16.6. The zero-order valence-electron chi connectivity index (χ0n) is 9.11. The highest BCUT2D eigenvalue weighted by atomic mass is 35.5. The van der Waals surface area contributed by atoms with Crippen LogP contribution in [0.15, 0.2) is 18.2 Å². The van der Waals surface area contributed by atoms with Gasteiger partial charge < -0.3 is 5.11 Å². The Balaban J connectivity index is 3.24. The molecule has 1 atom stereocenters. The first-order chi connectivity index (χ1) is 7.95. The molecule has 1 N–H and O–H groups in total. The van der Waals surface area contributed by atoms with Crippen molar-refractivity contribution in [3.63, 3.8) is 0 Å². The summed E-state index contributed by atoms with van der Waals surface area (Å²) in [6, 6.07) is 6.40. The number of alkyl halides is 1. The van der Waals surface area contributed by atoms with Crippen LogP contribution in [0.1, 0.15) is 29.0 Å². The molecule has 17 heavy (non-hydrogen) atoms. The fourth-order valence-corrected chi connectivity index (χ4v) is 1.67. The van der Waals surface area contributed by atoms with Crippen molar-refractivity contribution in [2.24, 2.45) is 0 Å². The van der Waals surface area contributed by atoms with Crippen LogP contribution in [-0.2, 0) is 16.0 Å². The first-order valence-corrected chi connectivity index (χ1v) is 5.28. The predicted octanol–water partition coefficient (Wildman–Crippen LogP) is 2.05. The van der Waals surface area contributed by atoms with E-state index in [4.69, 9.17) is 22.0 Å². The lowest BCUT2D eigenvalue weighted by molar-refractivity contribution is -0.136. The molecule has 1 unspecified atom stereocenters. The minimum absolute atomic E-state index is 0.261.